The van der Waals surface area contributed by atoms with E-state index < -0.39 is 5.97 Å². The van der Waals surface area contributed by atoms with Crippen molar-refractivity contribution in [3.05, 3.63) is 70.4 Å². The van der Waals surface area contributed by atoms with Gasteiger partial charge in [-0.25, -0.2) is 19.7 Å². The zero-order valence-electron chi connectivity index (χ0n) is 24.1. The second-order valence-electron chi connectivity index (χ2n) is 11.0. The van der Waals surface area contributed by atoms with Gasteiger partial charge < -0.3 is 23.8 Å². The number of rotatable bonds is 10. The fourth-order valence-corrected chi connectivity index (χ4v) is 5.69. The normalized spacial score (nSPS) is 18.0. The molecule has 10 nitrogen and oxygen atoms in total. The van der Waals surface area contributed by atoms with Crippen LogP contribution in [0.5, 0.6) is 5.88 Å². The molecule has 1 unspecified atom stereocenters. The second kappa shape index (κ2) is 12.0. The number of carbonyl (C=O) groups excluding carboxylic acids is 1. The van der Waals surface area contributed by atoms with Gasteiger partial charge in [0.2, 0.25) is 11.7 Å². The van der Waals surface area contributed by atoms with E-state index in [9.17, 15) is 4.79 Å². The highest BCUT2D eigenvalue weighted by Gasteiger charge is 2.27. The fourth-order valence-electron chi connectivity index (χ4n) is 5.69. The Morgan fingerprint density at radius 2 is 1.95 bits per heavy atom. The van der Waals surface area contributed by atoms with Crippen molar-refractivity contribution in [1.29, 1.82) is 0 Å². The Morgan fingerprint density at radius 1 is 1.12 bits per heavy atom. The Balaban J connectivity index is 1.08. The summed E-state index contributed by atoms with van der Waals surface area (Å²) in [6, 6.07) is 12.7. The maximum atomic E-state index is 12.0. The van der Waals surface area contributed by atoms with Crippen LogP contribution in [-0.2, 0) is 35.6 Å². The van der Waals surface area contributed by atoms with E-state index in [2.05, 4.69) is 57.5 Å². The van der Waals surface area contributed by atoms with E-state index in [-0.39, 0.29) is 11.9 Å². The van der Waals surface area contributed by atoms with Crippen molar-refractivity contribution >= 4 is 17.3 Å². The predicted molar refractivity (Wildman–Crippen MR) is 154 cm³/mol. The molecule has 4 aromatic rings. The number of benzene rings is 1. The number of imidazole rings is 2. The van der Waals surface area contributed by atoms with E-state index in [1.54, 1.807) is 0 Å². The molecule has 0 amide bonds. The lowest BCUT2D eigenvalue weighted by molar-refractivity contribution is -0.0592. The number of aromatic nitrogens is 5. The van der Waals surface area contributed by atoms with Crippen LogP contribution in [0.15, 0.2) is 36.4 Å². The van der Waals surface area contributed by atoms with E-state index in [4.69, 9.17) is 24.2 Å². The Kier molecular flexibility index (Phi) is 8.02. The lowest BCUT2D eigenvalue weighted by Gasteiger charge is -2.32. The van der Waals surface area contributed by atoms with Crippen molar-refractivity contribution in [2.45, 2.75) is 71.2 Å². The molecule has 6 rings (SSSR count). The minimum absolute atomic E-state index is 0.148. The number of esters is 1. The molecule has 2 fully saturated rings. The summed E-state index contributed by atoms with van der Waals surface area (Å²) >= 11 is 0. The number of pyridine rings is 1. The van der Waals surface area contributed by atoms with Gasteiger partial charge >= 0.3 is 5.97 Å². The van der Waals surface area contributed by atoms with Crippen molar-refractivity contribution in [1.82, 2.24) is 29.4 Å². The maximum absolute atomic E-state index is 12.0. The number of piperidine rings is 1. The first-order chi connectivity index (χ1) is 20.0. The summed E-state index contributed by atoms with van der Waals surface area (Å²) in [5.74, 6) is 1.67. The standard InChI is InChI=1S/C31H38N6O4/c1-4-21-8-9-23(20(2)16-21)19-41-27-7-5-6-25(32-27)22-10-13-36(14-11-22)18-26-33-28-30(35-29(34-28)31(38)39-3)37(26)17-24-12-15-40-24/h5-9,16,22,24H,4,10-15,17-19H2,1-3H3,(H,34,35). The monoisotopic (exact) mass is 558 g/mol. The largest absolute Gasteiger partial charge is 0.473 e. The number of nitrogens with zero attached hydrogens (tertiary/aromatic N) is 5. The summed E-state index contributed by atoms with van der Waals surface area (Å²) in [5, 5.41) is 0. The van der Waals surface area contributed by atoms with Gasteiger partial charge in [-0.3, -0.25) is 4.90 Å². The average Bonchev–Trinajstić information content (AvgIpc) is 3.52. The van der Waals surface area contributed by atoms with Gasteiger partial charge in [0.1, 0.15) is 12.4 Å². The number of aromatic amines is 1. The highest BCUT2D eigenvalue weighted by Crippen LogP contribution is 2.29. The van der Waals surface area contributed by atoms with Gasteiger partial charge in [0, 0.05) is 24.3 Å². The molecule has 216 valence electrons. The van der Waals surface area contributed by atoms with Gasteiger partial charge in [0.15, 0.2) is 11.3 Å². The third kappa shape index (κ3) is 5.99. The number of hydrogen-bond acceptors (Lipinski definition) is 8. The summed E-state index contributed by atoms with van der Waals surface area (Å²) in [5.41, 5.74) is 6.16. The summed E-state index contributed by atoms with van der Waals surface area (Å²) in [4.78, 5) is 31.6. The Bertz CT molecular complexity index is 1520. The lowest BCUT2D eigenvalue weighted by Crippen LogP contribution is -2.35. The molecule has 2 saturated heterocycles. The number of ether oxygens (including phenoxy) is 3. The summed E-state index contributed by atoms with van der Waals surface area (Å²) in [6.45, 7) is 8.89. The van der Waals surface area contributed by atoms with Crippen LogP contribution in [0.4, 0.5) is 0 Å². The number of fused-ring (bicyclic) bond motifs is 1. The van der Waals surface area contributed by atoms with Crippen LogP contribution in [-0.4, -0.2) is 68.3 Å². The third-order valence-corrected chi connectivity index (χ3v) is 8.34. The lowest BCUT2D eigenvalue weighted by atomic mass is 9.93. The van der Waals surface area contributed by atoms with Crippen LogP contribution < -0.4 is 4.74 Å². The molecule has 0 spiro atoms. The summed E-state index contributed by atoms with van der Waals surface area (Å²) < 4.78 is 18.7. The predicted octanol–water partition coefficient (Wildman–Crippen LogP) is 4.56. The van der Waals surface area contributed by atoms with Crippen molar-refractivity contribution in [2.75, 3.05) is 26.8 Å². The number of nitrogens with one attached hydrogen (secondary N) is 1. The molecular weight excluding hydrogens is 520 g/mol. The number of H-pyrrole nitrogens is 1. The zero-order chi connectivity index (χ0) is 28.3. The van der Waals surface area contributed by atoms with Crippen molar-refractivity contribution < 1.29 is 19.0 Å². The molecule has 2 aliphatic rings. The molecule has 1 atom stereocenters. The molecule has 0 bridgehead atoms. The smallest absolute Gasteiger partial charge is 0.374 e. The summed E-state index contributed by atoms with van der Waals surface area (Å²) in [6.07, 6.45) is 4.23. The molecule has 41 heavy (non-hydrogen) atoms. The quantitative estimate of drug-likeness (QED) is 0.282. The topological polar surface area (TPSA) is 107 Å². The molecule has 3 aromatic heterocycles. The van der Waals surface area contributed by atoms with Gasteiger partial charge in [0.25, 0.3) is 0 Å². The molecule has 2 aliphatic heterocycles. The van der Waals surface area contributed by atoms with E-state index in [1.807, 2.05) is 12.1 Å². The van der Waals surface area contributed by atoms with Gasteiger partial charge in [0.05, 0.1) is 26.3 Å². The van der Waals surface area contributed by atoms with Crippen molar-refractivity contribution in [3.63, 3.8) is 0 Å². The van der Waals surface area contributed by atoms with E-state index in [0.29, 0.717) is 42.8 Å². The van der Waals surface area contributed by atoms with Crippen LogP contribution in [0, 0.1) is 6.92 Å². The van der Waals surface area contributed by atoms with Crippen LogP contribution in [0.1, 0.15) is 70.9 Å². The van der Waals surface area contributed by atoms with Crippen LogP contribution in [0.2, 0.25) is 0 Å². The number of hydrogen-bond donors (Lipinski definition) is 1. The molecule has 0 radical (unpaired) electrons. The van der Waals surface area contributed by atoms with E-state index >= 15 is 0 Å². The van der Waals surface area contributed by atoms with Gasteiger partial charge in [-0.15, -0.1) is 0 Å². The molecular formula is C31H38N6O4. The molecule has 1 N–H and O–H groups in total. The first-order valence-electron chi connectivity index (χ1n) is 14.6. The van der Waals surface area contributed by atoms with Crippen LogP contribution in [0.3, 0.4) is 0 Å². The van der Waals surface area contributed by atoms with Crippen LogP contribution >= 0.6 is 0 Å². The minimum Gasteiger partial charge on any atom is -0.473 e. The average molecular weight is 559 g/mol. The highest BCUT2D eigenvalue weighted by atomic mass is 16.5. The number of methoxy groups -OCH3 is 1. The van der Waals surface area contributed by atoms with Crippen molar-refractivity contribution in [3.8, 4) is 5.88 Å². The maximum Gasteiger partial charge on any atom is 0.374 e. The third-order valence-electron chi connectivity index (χ3n) is 8.34. The SMILES string of the molecule is CCc1ccc(COc2cccc(C3CCN(Cc4nc5[nH]c(C(=O)OC)nc5n4CC4CCO4)CC3)n2)c(C)c1. The van der Waals surface area contributed by atoms with Gasteiger partial charge in [-0.2, -0.15) is 0 Å². The summed E-state index contributed by atoms with van der Waals surface area (Å²) in [7, 11) is 1.35. The molecule has 5 heterocycles. The number of carbonyl (C=O) groups is 1. The second-order valence-corrected chi connectivity index (χ2v) is 11.0. The van der Waals surface area contributed by atoms with Gasteiger partial charge in [-0.05, 0) is 68.5 Å². The Labute approximate surface area is 240 Å². The molecule has 0 saturated carbocycles. The first-order valence-corrected chi connectivity index (χ1v) is 14.6. The first kappa shape index (κ1) is 27.4. The van der Waals surface area contributed by atoms with Gasteiger partial charge in [-0.1, -0.05) is 31.2 Å². The number of aryl methyl sites for hydroxylation is 2. The highest BCUT2D eigenvalue weighted by molar-refractivity contribution is 5.88. The molecule has 0 aliphatic carbocycles. The Morgan fingerprint density at radius 3 is 2.66 bits per heavy atom. The Hall–Kier alpha value is -3.76. The van der Waals surface area contributed by atoms with Crippen molar-refractivity contribution in [2.24, 2.45) is 0 Å². The number of likely N-dealkylation sites (tertiary alicyclic amines) is 1. The molecule has 10 heteroatoms. The fraction of sp³-hybridized carbons (Fsp3) is 0.484. The minimum atomic E-state index is -0.498. The zero-order valence-corrected chi connectivity index (χ0v) is 24.1. The van der Waals surface area contributed by atoms with E-state index in [1.165, 1.54) is 23.8 Å². The van der Waals surface area contributed by atoms with E-state index in [0.717, 1.165) is 56.9 Å². The molecule has 1 aromatic carbocycles. The van der Waals surface area contributed by atoms with Crippen LogP contribution in [0.25, 0.3) is 11.3 Å².